The molecule has 7 nitrogen and oxygen atoms in total. The average Bonchev–Trinajstić information content (AvgIpc) is 2.97. The molecule has 96 valence electrons. The summed E-state index contributed by atoms with van der Waals surface area (Å²) in [7, 11) is 0. The molecule has 3 aromatic heterocycles. The number of amides is 1. The fourth-order valence-electron chi connectivity index (χ4n) is 1.70. The number of rotatable bonds is 2. The second-order valence-electron chi connectivity index (χ2n) is 3.98. The van der Waals surface area contributed by atoms with Gasteiger partial charge in [0.2, 0.25) is 5.82 Å². The van der Waals surface area contributed by atoms with Crippen molar-refractivity contribution in [3.8, 4) is 0 Å². The van der Waals surface area contributed by atoms with E-state index in [-0.39, 0.29) is 5.82 Å². The van der Waals surface area contributed by atoms with Crippen molar-refractivity contribution in [3.63, 3.8) is 0 Å². The van der Waals surface area contributed by atoms with E-state index in [1.165, 1.54) is 11.3 Å². The van der Waals surface area contributed by atoms with Gasteiger partial charge in [0.05, 0.1) is 0 Å². The van der Waals surface area contributed by atoms with Crippen molar-refractivity contribution in [1.82, 2.24) is 24.6 Å². The summed E-state index contributed by atoms with van der Waals surface area (Å²) in [6.07, 6.45) is 1.62. The fraction of sp³-hybridized carbons (Fsp3) is 0.182. The summed E-state index contributed by atoms with van der Waals surface area (Å²) in [5.74, 6) is 0.107. The van der Waals surface area contributed by atoms with Crippen molar-refractivity contribution in [2.45, 2.75) is 13.8 Å². The van der Waals surface area contributed by atoms with Crippen LogP contribution in [0.5, 0.6) is 0 Å². The third-order valence-corrected chi connectivity index (χ3v) is 3.16. The lowest BCUT2D eigenvalue weighted by Gasteiger charge is -1.97. The topological polar surface area (TPSA) is 85.1 Å². The van der Waals surface area contributed by atoms with Gasteiger partial charge in [0.25, 0.3) is 11.7 Å². The number of aromatic nitrogens is 5. The molecule has 0 aromatic carbocycles. The number of carbonyl (C=O) groups is 1. The van der Waals surface area contributed by atoms with Gasteiger partial charge in [0.15, 0.2) is 5.13 Å². The SMILES string of the molecule is Cc1cc(C)n2nc(C(=O)Nc3nccs3)nc2n1. The van der Waals surface area contributed by atoms with Crippen LogP contribution in [0, 0.1) is 13.8 Å². The molecule has 0 aliphatic heterocycles. The standard InChI is InChI=1S/C11H10N6OS/c1-6-5-7(2)17-10(13-6)14-8(16-17)9(18)15-11-12-3-4-19-11/h3-5H,1-2H3,(H,12,15,18). The van der Waals surface area contributed by atoms with E-state index in [0.717, 1.165) is 11.4 Å². The molecule has 0 fully saturated rings. The molecule has 1 N–H and O–H groups in total. The number of anilines is 1. The number of hydrogen-bond acceptors (Lipinski definition) is 6. The normalized spacial score (nSPS) is 10.8. The molecule has 3 rings (SSSR count). The Labute approximate surface area is 112 Å². The Morgan fingerprint density at radius 1 is 1.37 bits per heavy atom. The highest BCUT2D eigenvalue weighted by atomic mass is 32.1. The lowest BCUT2D eigenvalue weighted by atomic mass is 10.4. The Bertz CT molecular complexity index is 748. The molecular weight excluding hydrogens is 264 g/mol. The van der Waals surface area contributed by atoms with Crippen LogP contribution in [0.2, 0.25) is 0 Å². The van der Waals surface area contributed by atoms with Crippen LogP contribution in [0.25, 0.3) is 5.78 Å². The monoisotopic (exact) mass is 274 g/mol. The Morgan fingerprint density at radius 3 is 2.95 bits per heavy atom. The van der Waals surface area contributed by atoms with Gasteiger partial charge in [0, 0.05) is 23.0 Å². The molecule has 0 unspecified atom stereocenters. The maximum Gasteiger partial charge on any atom is 0.297 e. The Balaban J connectivity index is 1.97. The molecule has 8 heteroatoms. The van der Waals surface area contributed by atoms with E-state index < -0.39 is 5.91 Å². The maximum absolute atomic E-state index is 12.0. The van der Waals surface area contributed by atoms with E-state index in [2.05, 4.69) is 25.4 Å². The highest BCUT2D eigenvalue weighted by Crippen LogP contribution is 2.12. The maximum atomic E-state index is 12.0. The van der Waals surface area contributed by atoms with E-state index >= 15 is 0 Å². The van der Waals surface area contributed by atoms with Gasteiger partial charge in [-0.1, -0.05) is 0 Å². The number of aryl methyl sites for hydroxylation is 2. The van der Waals surface area contributed by atoms with Crippen LogP contribution in [0.15, 0.2) is 17.6 Å². The molecule has 1 amide bonds. The average molecular weight is 274 g/mol. The summed E-state index contributed by atoms with van der Waals surface area (Å²) in [5.41, 5.74) is 1.72. The lowest BCUT2D eigenvalue weighted by molar-refractivity contribution is 0.101. The van der Waals surface area contributed by atoms with E-state index in [1.54, 1.807) is 16.1 Å². The van der Waals surface area contributed by atoms with Crippen LogP contribution in [-0.4, -0.2) is 30.5 Å². The number of nitrogens with zero attached hydrogens (tertiary/aromatic N) is 5. The first kappa shape index (κ1) is 11.7. The summed E-state index contributed by atoms with van der Waals surface area (Å²) in [6.45, 7) is 3.76. The molecule has 0 saturated heterocycles. The first-order chi connectivity index (χ1) is 9.13. The smallest absolute Gasteiger partial charge is 0.295 e. The Hall–Kier alpha value is -2.35. The first-order valence-electron chi connectivity index (χ1n) is 5.55. The number of carbonyl (C=O) groups excluding carboxylic acids is 1. The molecule has 0 aliphatic rings. The molecule has 0 atom stereocenters. The second-order valence-corrected chi connectivity index (χ2v) is 4.87. The van der Waals surface area contributed by atoms with Crippen LogP contribution in [0.1, 0.15) is 22.0 Å². The zero-order valence-corrected chi connectivity index (χ0v) is 11.1. The van der Waals surface area contributed by atoms with Gasteiger partial charge < -0.3 is 0 Å². The summed E-state index contributed by atoms with van der Waals surface area (Å²) in [5, 5.41) is 9.08. The van der Waals surface area contributed by atoms with Crippen LogP contribution >= 0.6 is 11.3 Å². The Kier molecular flexibility index (Phi) is 2.71. The van der Waals surface area contributed by atoms with Gasteiger partial charge >= 0.3 is 0 Å². The van der Waals surface area contributed by atoms with Crippen molar-refractivity contribution in [1.29, 1.82) is 0 Å². The third-order valence-electron chi connectivity index (χ3n) is 2.47. The predicted octanol–water partition coefficient (Wildman–Crippen LogP) is 1.45. The van der Waals surface area contributed by atoms with E-state index in [9.17, 15) is 4.79 Å². The molecule has 19 heavy (non-hydrogen) atoms. The zero-order valence-electron chi connectivity index (χ0n) is 10.3. The van der Waals surface area contributed by atoms with Crippen LogP contribution < -0.4 is 5.32 Å². The minimum atomic E-state index is -0.391. The molecule has 0 bridgehead atoms. The summed E-state index contributed by atoms with van der Waals surface area (Å²) in [6, 6.07) is 1.88. The predicted molar refractivity (Wildman–Crippen MR) is 70.3 cm³/mol. The lowest BCUT2D eigenvalue weighted by Crippen LogP contribution is -2.13. The molecule has 0 aliphatic carbocycles. The van der Waals surface area contributed by atoms with Crippen LogP contribution in [-0.2, 0) is 0 Å². The van der Waals surface area contributed by atoms with Gasteiger partial charge in [-0.25, -0.2) is 14.5 Å². The van der Waals surface area contributed by atoms with Gasteiger partial charge in [-0.15, -0.1) is 16.4 Å². The van der Waals surface area contributed by atoms with Crippen molar-refractivity contribution in [2.24, 2.45) is 0 Å². The minimum Gasteiger partial charge on any atom is -0.295 e. The summed E-state index contributed by atoms with van der Waals surface area (Å²) in [4.78, 5) is 24.3. The fourth-order valence-corrected chi connectivity index (χ4v) is 2.22. The molecule has 3 heterocycles. The number of thiazole rings is 1. The molecule has 0 spiro atoms. The molecular formula is C11H10N6OS. The number of fused-ring (bicyclic) bond motifs is 1. The quantitative estimate of drug-likeness (QED) is 0.764. The molecule has 0 saturated carbocycles. The van der Waals surface area contributed by atoms with Gasteiger partial charge in [-0.2, -0.15) is 4.98 Å². The largest absolute Gasteiger partial charge is 0.297 e. The minimum absolute atomic E-state index is 0.0800. The summed E-state index contributed by atoms with van der Waals surface area (Å²) >= 11 is 1.34. The van der Waals surface area contributed by atoms with Crippen molar-refractivity contribution >= 4 is 28.2 Å². The molecule has 3 aromatic rings. The van der Waals surface area contributed by atoms with Crippen molar-refractivity contribution in [3.05, 3.63) is 34.9 Å². The van der Waals surface area contributed by atoms with Gasteiger partial charge in [-0.05, 0) is 19.9 Å². The van der Waals surface area contributed by atoms with Crippen molar-refractivity contribution in [2.75, 3.05) is 5.32 Å². The summed E-state index contributed by atoms with van der Waals surface area (Å²) < 4.78 is 1.55. The van der Waals surface area contributed by atoms with E-state index in [4.69, 9.17) is 0 Å². The number of nitrogens with one attached hydrogen (secondary N) is 1. The molecule has 0 radical (unpaired) electrons. The second kappa shape index (κ2) is 4.39. The highest BCUT2D eigenvalue weighted by Gasteiger charge is 2.15. The van der Waals surface area contributed by atoms with E-state index in [1.807, 2.05) is 19.9 Å². The van der Waals surface area contributed by atoms with Gasteiger partial charge in [0.1, 0.15) is 0 Å². The van der Waals surface area contributed by atoms with Gasteiger partial charge in [-0.3, -0.25) is 10.1 Å². The van der Waals surface area contributed by atoms with Crippen LogP contribution in [0.4, 0.5) is 5.13 Å². The van der Waals surface area contributed by atoms with Crippen molar-refractivity contribution < 1.29 is 4.79 Å². The first-order valence-corrected chi connectivity index (χ1v) is 6.43. The Morgan fingerprint density at radius 2 is 2.21 bits per heavy atom. The van der Waals surface area contributed by atoms with E-state index in [0.29, 0.717) is 10.9 Å². The number of hydrogen-bond donors (Lipinski definition) is 1. The zero-order chi connectivity index (χ0) is 13.4. The highest BCUT2D eigenvalue weighted by molar-refractivity contribution is 7.13. The third kappa shape index (κ3) is 2.17. The van der Waals surface area contributed by atoms with Crippen LogP contribution in [0.3, 0.4) is 0 Å².